The lowest BCUT2D eigenvalue weighted by Gasteiger charge is -2.18. The first-order valence-corrected chi connectivity index (χ1v) is 26.7. The molecule has 0 aromatic heterocycles. The van der Waals surface area contributed by atoms with Crippen LogP contribution >= 0.6 is 0 Å². The maximum absolute atomic E-state index is 12.8. The first kappa shape index (κ1) is 63.3. The number of rotatable bonds is 46. The summed E-state index contributed by atoms with van der Waals surface area (Å²) in [6.07, 6.45) is 85.3. The van der Waals surface area contributed by atoms with Gasteiger partial charge < -0.3 is 14.2 Å². The van der Waals surface area contributed by atoms with Crippen LogP contribution in [0.4, 0.5) is 0 Å². The first-order valence-electron chi connectivity index (χ1n) is 26.7. The molecule has 5 heteroatoms. The molecule has 1 atom stereocenters. The fourth-order valence-electron chi connectivity index (χ4n) is 6.35. The van der Waals surface area contributed by atoms with Crippen LogP contribution in [-0.4, -0.2) is 37.9 Å². The van der Waals surface area contributed by atoms with E-state index in [0.717, 1.165) is 135 Å². The largest absolute Gasteiger partial charge is 0.462 e. The third-order valence-corrected chi connectivity index (χ3v) is 10.2. The van der Waals surface area contributed by atoms with Gasteiger partial charge in [0.2, 0.25) is 0 Å². The highest BCUT2D eigenvalue weighted by Crippen LogP contribution is 2.11. The summed E-state index contributed by atoms with van der Waals surface area (Å²) in [5, 5.41) is 0. The molecule has 0 bridgehead atoms. The first-order chi connectivity index (χ1) is 33.6. The predicted molar refractivity (Wildman–Crippen MR) is 297 cm³/mol. The number of carbonyl (C=O) groups is 2. The van der Waals surface area contributed by atoms with Gasteiger partial charge >= 0.3 is 11.9 Å². The van der Waals surface area contributed by atoms with Crippen LogP contribution in [-0.2, 0) is 23.8 Å². The number of carbonyl (C=O) groups excluding carboxylic acids is 2. The van der Waals surface area contributed by atoms with Crippen LogP contribution in [0.3, 0.4) is 0 Å². The van der Waals surface area contributed by atoms with Gasteiger partial charge in [-0.2, -0.15) is 0 Å². The summed E-state index contributed by atoms with van der Waals surface area (Å²) in [7, 11) is 0. The molecule has 378 valence electrons. The average Bonchev–Trinajstić information content (AvgIpc) is 3.34. The molecule has 0 spiro atoms. The number of ether oxygens (including phenoxy) is 3. The molecule has 0 aromatic carbocycles. The van der Waals surface area contributed by atoms with Gasteiger partial charge in [0.15, 0.2) is 6.10 Å². The van der Waals surface area contributed by atoms with E-state index in [-0.39, 0.29) is 31.6 Å². The minimum Gasteiger partial charge on any atom is -0.462 e. The Hall–Kier alpha value is -4.74. The second-order valence-corrected chi connectivity index (χ2v) is 16.7. The Morgan fingerprint density at radius 3 is 1.12 bits per heavy atom. The maximum atomic E-state index is 12.8. The molecule has 0 aliphatic heterocycles. The van der Waals surface area contributed by atoms with Crippen LogP contribution < -0.4 is 0 Å². The van der Waals surface area contributed by atoms with E-state index in [1.165, 1.54) is 12.8 Å². The van der Waals surface area contributed by atoms with Crippen molar-refractivity contribution in [3.63, 3.8) is 0 Å². The molecule has 1 unspecified atom stereocenters. The predicted octanol–water partition coefficient (Wildman–Crippen LogP) is 18.4. The Kier molecular flexibility index (Phi) is 52.6. The van der Waals surface area contributed by atoms with Gasteiger partial charge in [0.25, 0.3) is 0 Å². The van der Waals surface area contributed by atoms with Crippen molar-refractivity contribution in [2.75, 3.05) is 19.8 Å². The van der Waals surface area contributed by atoms with Gasteiger partial charge in [-0.25, -0.2) is 0 Å². The van der Waals surface area contributed by atoms with Gasteiger partial charge in [-0.3, -0.25) is 9.59 Å². The zero-order valence-corrected chi connectivity index (χ0v) is 43.3. The Balaban J connectivity index is 4.54. The molecular formula is C63H96O5. The average molecular weight is 933 g/mol. The topological polar surface area (TPSA) is 61.8 Å². The SMILES string of the molecule is CC/C=C\C/C=C\C/C=C\C/C=C\C/C=C\C/C=C\CCCOCC(COC(=O)CC/C=C\C/C=C\C/C=C\C/C=C\C/C=C\C/C=C\CC)OC(=O)CCCCCCC/C=C\C/C=C\CCC. The minimum atomic E-state index is -0.619. The fraction of sp³-hybridized carbons (Fsp3) is 0.524. The standard InChI is InChI=1S/C63H96O5/c1-4-7-10-13-16-19-22-25-27-29-31-33-35-37-40-43-46-49-52-55-58-66-59-61(68-63(65)57-54-51-48-45-42-38-24-21-18-15-12-9-6-3)60-67-62(64)56-53-50-47-44-41-39-36-34-32-30-28-26-23-20-17-14-11-8-5-2/h7-8,10-12,15-17,19-21,24-28,31-34,37,39-41,46-47,49-50,61H,4-6,9,13-14,18,22-23,29-30,35-36,38,42-45,48,51-60H2,1-3H3/b10-7-,11-8-,15-12-,19-16-,20-17-,24-21-,27-25-,28-26-,33-31-,34-32-,40-37-,41-39-,49-46-,50-47-. The number of hydrogen-bond acceptors (Lipinski definition) is 5. The normalized spacial score (nSPS) is 13.6. The van der Waals surface area contributed by atoms with Crippen molar-refractivity contribution in [1.29, 1.82) is 0 Å². The summed E-state index contributed by atoms with van der Waals surface area (Å²) in [6, 6.07) is 0. The number of allylic oxidation sites excluding steroid dienone is 28. The summed E-state index contributed by atoms with van der Waals surface area (Å²) in [6.45, 7) is 7.26. The Morgan fingerprint density at radius 1 is 0.338 bits per heavy atom. The fourth-order valence-corrected chi connectivity index (χ4v) is 6.35. The van der Waals surface area contributed by atoms with Gasteiger partial charge in [-0.15, -0.1) is 0 Å². The van der Waals surface area contributed by atoms with Crippen molar-refractivity contribution in [1.82, 2.24) is 0 Å². The minimum absolute atomic E-state index is 0.00336. The van der Waals surface area contributed by atoms with E-state index in [9.17, 15) is 9.59 Å². The van der Waals surface area contributed by atoms with Gasteiger partial charge in [0.1, 0.15) is 6.61 Å². The molecule has 0 amide bonds. The Labute approximate surface area is 417 Å². The molecule has 5 nitrogen and oxygen atoms in total. The molecule has 0 heterocycles. The molecule has 0 rings (SSSR count). The van der Waals surface area contributed by atoms with Crippen molar-refractivity contribution in [3.8, 4) is 0 Å². The third-order valence-electron chi connectivity index (χ3n) is 10.2. The van der Waals surface area contributed by atoms with E-state index >= 15 is 0 Å². The Morgan fingerprint density at radius 2 is 0.691 bits per heavy atom. The highest BCUT2D eigenvalue weighted by molar-refractivity contribution is 5.70. The number of unbranched alkanes of at least 4 members (excludes halogenated alkanes) is 7. The highest BCUT2D eigenvalue weighted by atomic mass is 16.6. The molecule has 0 aliphatic rings. The second kappa shape index (κ2) is 56.6. The maximum Gasteiger partial charge on any atom is 0.306 e. The number of hydrogen-bond donors (Lipinski definition) is 0. The molecule has 0 saturated carbocycles. The zero-order valence-electron chi connectivity index (χ0n) is 43.3. The van der Waals surface area contributed by atoms with Crippen molar-refractivity contribution in [3.05, 3.63) is 170 Å². The summed E-state index contributed by atoms with van der Waals surface area (Å²) in [5.74, 6) is -0.560. The zero-order chi connectivity index (χ0) is 49.2. The van der Waals surface area contributed by atoms with Gasteiger partial charge in [-0.05, 0) is 128 Å². The van der Waals surface area contributed by atoms with E-state index in [0.29, 0.717) is 19.4 Å². The van der Waals surface area contributed by atoms with Gasteiger partial charge in [-0.1, -0.05) is 217 Å². The lowest BCUT2D eigenvalue weighted by atomic mass is 10.1. The monoisotopic (exact) mass is 933 g/mol. The number of esters is 2. The van der Waals surface area contributed by atoms with E-state index < -0.39 is 6.10 Å². The molecule has 0 saturated heterocycles. The third kappa shape index (κ3) is 53.9. The van der Waals surface area contributed by atoms with Crippen LogP contribution in [0, 0.1) is 0 Å². The van der Waals surface area contributed by atoms with Gasteiger partial charge in [0, 0.05) is 19.4 Å². The lowest BCUT2D eigenvalue weighted by molar-refractivity contribution is -0.162. The lowest BCUT2D eigenvalue weighted by Crippen LogP contribution is -2.30. The van der Waals surface area contributed by atoms with Crippen molar-refractivity contribution in [2.24, 2.45) is 0 Å². The molecule has 0 aromatic rings. The van der Waals surface area contributed by atoms with Crippen LogP contribution in [0.2, 0.25) is 0 Å². The van der Waals surface area contributed by atoms with Gasteiger partial charge in [0.05, 0.1) is 6.61 Å². The van der Waals surface area contributed by atoms with Crippen LogP contribution in [0.1, 0.15) is 188 Å². The van der Waals surface area contributed by atoms with Crippen molar-refractivity contribution >= 4 is 11.9 Å². The quantitative estimate of drug-likeness (QED) is 0.0346. The van der Waals surface area contributed by atoms with Crippen LogP contribution in [0.5, 0.6) is 0 Å². The van der Waals surface area contributed by atoms with E-state index in [1.807, 2.05) is 6.08 Å². The second-order valence-electron chi connectivity index (χ2n) is 16.7. The molecule has 68 heavy (non-hydrogen) atoms. The smallest absolute Gasteiger partial charge is 0.306 e. The summed E-state index contributed by atoms with van der Waals surface area (Å²) < 4.78 is 17.3. The van der Waals surface area contributed by atoms with E-state index in [1.54, 1.807) is 0 Å². The Bertz CT molecular complexity index is 1570. The molecular weight excluding hydrogens is 837 g/mol. The summed E-state index contributed by atoms with van der Waals surface area (Å²) in [5.41, 5.74) is 0. The van der Waals surface area contributed by atoms with Crippen LogP contribution in [0.25, 0.3) is 0 Å². The van der Waals surface area contributed by atoms with Crippen molar-refractivity contribution < 1.29 is 23.8 Å². The highest BCUT2D eigenvalue weighted by Gasteiger charge is 2.17. The molecule has 0 N–H and O–H groups in total. The van der Waals surface area contributed by atoms with Crippen molar-refractivity contribution in [2.45, 2.75) is 194 Å². The van der Waals surface area contributed by atoms with E-state index in [2.05, 4.69) is 185 Å². The van der Waals surface area contributed by atoms with Crippen LogP contribution in [0.15, 0.2) is 170 Å². The van der Waals surface area contributed by atoms with E-state index in [4.69, 9.17) is 14.2 Å². The summed E-state index contributed by atoms with van der Waals surface area (Å²) in [4.78, 5) is 25.4. The molecule has 0 radical (unpaired) electrons. The molecule has 0 fully saturated rings. The summed E-state index contributed by atoms with van der Waals surface area (Å²) >= 11 is 0. The molecule has 0 aliphatic carbocycles.